The third-order valence-corrected chi connectivity index (χ3v) is 6.81. The molecule has 4 rings (SSSR count). The van der Waals surface area contributed by atoms with Gasteiger partial charge in [0.05, 0.1) is 12.2 Å². The zero-order chi connectivity index (χ0) is 26.2. The monoisotopic (exact) mass is 491 g/mol. The number of rotatable bonds is 6. The highest BCUT2D eigenvalue weighted by Crippen LogP contribution is 2.42. The predicted octanol–water partition coefficient (Wildman–Crippen LogP) is 6.98. The van der Waals surface area contributed by atoms with Crippen LogP contribution in [0, 0.1) is 18.7 Å². The summed E-state index contributed by atoms with van der Waals surface area (Å²) in [6.45, 7) is 12.2. The van der Waals surface area contributed by atoms with E-state index in [0.717, 1.165) is 39.6 Å². The number of fused-ring (bicyclic) bond motifs is 2. The molecule has 0 saturated heterocycles. The number of ether oxygens (including phenoxy) is 2. The van der Waals surface area contributed by atoms with Gasteiger partial charge in [0.15, 0.2) is 6.10 Å². The van der Waals surface area contributed by atoms with Crippen LogP contribution in [-0.2, 0) is 20.7 Å². The van der Waals surface area contributed by atoms with Crippen molar-refractivity contribution in [2.45, 2.75) is 65.6 Å². The summed E-state index contributed by atoms with van der Waals surface area (Å²) in [7, 11) is 0. The maximum atomic E-state index is 14.2. The molecule has 1 N–H and O–H groups in total. The topological polar surface area (TPSA) is 68.7 Å². The second-order valence-electron chi connectivity index (χ2n) is 10.6. The molecule has 0 saturated carbocycles. The van der Waals surface area contributed by atoms with E-state index in [1.165, 1.54) is 17.7 Å². The average molecular weight is 492 g/mol. The minimum absolute atomic E-state index is 0.0240. The minimum Gasteiger partial charge on any atom is -0.493 e. The van der Waals surface area contributed by atoms with Crippen LogP contribution in [-0.4, -0.2) is 28.3 Å². The molecule has 2 heterocycles. The fourth-order valence-electron chi connectivity index (χ4n) is 4.99. The van der Waals surface area contributed by atoms with E-state index in [1.54, 1.807) is 12.3 Å². The highest BCUT2D eigenvalue weighted by atomic mass is 19.1. The van der Waals surface area contributed by atoms with E-state index in [0.29, 0.717) is 12.2 Å². The van der Waals surface area contributed by atoms with E-state index >= 15 is 0 Å². The molecule has 0 fully saturated rings. The number of carboxylic acid groups (broad SMARTS) is 1. The van der Waals surface area contributed by atoms with Gasteiger partial charge in [-0.25, -0.2) is 9.18 Å². The summed E-state index contributed by atoms with van der Waals surface area (Å²) in [5, 5.41) is 11.8. The lowest BCUT2D eigenvalue weighted by Crippen LogP contribution is -2.29. The van der Waals surface area contributed by atoms with Gasteiger partial charge in [0, 0.05) is 24.4 Å². The lowest BCUT2D eigenvalue weighted by molar-refractivity contribution is -0.160. The van der Waals surface area contributed by atoms with Gasteiger partial charge >= 0.3 is 5.97 Å². The first-order chi connectivity index (χ1) is 17.0. The number of carbonyl (C=O) groups is 1. The Labute approximate surface area is 212 Å². The van der Waals surface area contributed by atoms with Gasteiger partial charge in [-0.05, 0) is 96.8 Å². The van der Waals surface area contributed by atoms with Gasteiger partial charge in [-0.1, -0.05) is 26.0 Å². The molecule has 6 heteroatoms. The first-order valence-electron chi connectivity index (χ1n) is 12.4. The van der Waals surface area contributed by atoms with E-state index < -0.39 is 17.7 Å². The fraction of sp³-hybridized carbons (Fsp3) is 0.400. The van der Waals surface area contributed by atoms with Gasteiger partial charge in [-0.3, -0.25) is 4.98 Å². The number of nitrogens with zero attached hydrogens (tertiary/aromatic N) is 1. The quantitative estimate of drug-likeness (QED) is 0.403. The Kier molecular flexibility index (Phi) is 7.19. The van der Waals surface area contributed by atoms with Crippen LogP contribution in [0.4, 0.5) is 4.39 Å². The molecule has 0 aliphatic carbocycles. The molecule has 0 bridgehead atoms. The summed E-state index contributed by atoms with van der Waals surface area (Å²) in [5.74, 6) is -0.733. The number of carboxylic acids is 1. The first-order valence-corrected chi connectivity index (χ1v) is 12.4. The molecule has 36 heavy (non-hydrogen) atoms. The predicted molar refractivity (Wildman–Crippen MR) is 139 cm³/mol. The molecule has 0 radical (unpaired) electrons. The van der Waals surface area contributed by atoms with Gasteiger partial charge in [0.25, 0.3) is 0 Å². The van der Waals surface area contributed by atoms with Crippen LogP contribution in [0.5, 0.6) is 0 Å². The van der Waals surface area contributed by atoms with E-state index in [9.17, 15) is 14.3 Å². The van der Waals surface area contributed by atoms with E-state index in [-0.39, 0.29) is 17.7 Å². The van der Waals surface area contributed by atoms with Crippen molar-refractivity contribution >= 4 is 22.5 Å². The Bertz CT molecular complexity index is 1320. The molecule has 0 spiro atoms. The van der Waals surface area contributed by atoms with Crippen LogP contribution in [0.1, 0.15) is 74.5 Å². The highest BCUT2D eigenvalue weighted by molar-refractivity contribution is 5.90. The molecule has 3 atom stereocenters. The van der Waals surface area contributed by atoms with Crippen molar-refractivity contribution < 1.29 is 23.8 Å². The van der Waals surface area contributed by atoms with Crippen LogP contribution in [0.2, 0.25) is 0 Å². The molecule has 1 unspecified atom stereocenters. The lowest BCUT2D eigenvalue weighted by atomic mass is 9.79. The Balaban J connectivity index is 1.88. The summed E-state index contributed by atoms with van der Waals surface area (Å²) in [5.41, 5.74) is 3.75. The number of halogens is 1. The molecular weight excluding hydrogens is 457 g/mol. The van der Waals surface area contributed by atoms with Gasteiger partial charge in [0.2, 0.25) is 0 Å². The summed E-state index contributed by atoms with van der Waals surface area (Å²) in [4.78, 5) is 16.8. The second kappa shape index (κ2) is 10.0. The molecule has 0 amide bonds. The average Bonchev–Trinajstić information content (AvgIpc) is 2.81. The standard InChI is InChI=1S/C30H34FNO4/c1-17(14-25-24-16-32-11-9-20(24)10-12-35-25)19(3)27-23-8-7-22(31)15-21(23)13-18(2)26(27)28(29(33)34)36-30(4,5)6/h7-9,11,13-17,19,28H,10,12H2,1-6H3,(H,33,34)/b25-14+/t17-,19+,28?/m0/s1. The molecule has 5 nitrogen and oxygen atoms in total. The number of hydrogen-bond acceptors (Lipinski definition) is 4. The van der Waals surface area contributed by atoms with Crippen molar-refractivity contribution in [3.8, 4) is 0 Å². The number of aliphatic carboxylic acids is 1. The molecule has 2 aromatic carbocycles. The van der Waals surface area contributed by atoms with Crippen LogP contribution >= 0.6 is 0 Å². The van der Waals surface area contributed by atoms with E-state index in [1.807, 2.05) is 46.0 Å². The van der Waals surface area contributed by atoms with Crippen LogP contribution < -0.4 is 0 Å². The smallest absolute Gasteiger partial charge is 0.337 e. The zero-order valence-electron chi connectivity index (χ0n) is 21.8. The van der Waals surface area contributed by atoms with Crippen molar-refractivity contribution in [1.29, 1.82) is 0 Å². The molecule has 3 aromatic rings. The number of aromatic nitrogens is 1. The molecule has 1 aliphatic rings. The summed E-state index contributed by atoms with van der Waals surface area (Å²) >= 11 is 0. The molecular formula is C30H34FNO4. The van der Waals surface area contributed by atoms with Crippen LogP contribution in [0.15, 0.2) is 48.8 Å². The maximum Gasteiger partial charge on any atom is 0.337 e. The Morgan fingerprint density at radius 1 is 1.19 bits per heavy atom. The zero-order valence-corrected chi connectivity index (χ0v) is 21.8. The van der Waals surface area contributed by atoms with Crippen LogP contribution in [0.25, 0.3) is 16.5 Å². The van der Waals surface area contributed by atoms with Crippen molar-refractivity contribution in [3.63, 3.8) is 0 Å². The Morgan fingerprint density at radius 3 is 2.64 bits per heavy atom. The van der Waals surface area contributed by atoms with Gasteiger partial charge in [-0.2, -0.15) is 0 Å². The van der Waals surface area contributed by atoms with Gasteiger partial charge in [0.1, 0.15) is 11.6 Å². The lowest BCUT2D eigenvalue weighted by Gasteiger charge is -2.31. The van der Waals surface area contributed by atoms with E-state index in [4.69, 9.17) is 9.47 Å². The van der Waals surface area contributed by atoms with Gasteiger partial charge in [-0.15, -0.1) is 0 Å². The summed E-state index contributed by atoms with van der Waals surface area (Å²) < 4.78 is 26.3. The molecule has 1 aliphatic heterocycles. The highest BCUT2D eigenvalue weighted by Gasteiger charge is 2.33. The number of benzene rings is 2. The van der Waals surface area contributed by atoms with Crippen LogP contribution in [0.3, 0.4) is 0 Å². The van der Waals surface area contributed by atoms with Crippen molar-refractivity contribution in [1.82, 2.24) is 4.98 Å². The third-order valence-electron chi connectivity index (χ3n) is 6.81. The van der Waals surface area contributed by atoms with Crippen molar-refractivity contribution in [2.24, 2.45) is 5.92 Å². The first kappa shape index (κ1) is 25.8. The number of pyridine rings is 1. The van der Waals surface area contributed by atoms with Crippen molar-refractivity contribution in [2.75, 3.05) is 6.61 Å². The molecule has 190 valence electrons. The maximum absolute atomic E-state index is 14.2. The van der Waals surface area contributed by atoms with Gasteiger partial charge < -0.3 is 14.6 Å². The second-order valence-corrected chi connectivity index (χ2v) is 10.6. The Morgan fingerprint density at radius 2 is 1.94 bits per heavy atom. The number of allylic oxidation sites excluding steroid dienone is 1. The summed E-state index contributed by atoms with van der Waals surface area (Å²) in [6, 6.07) is 8.53. The van der Waals surface area contributed by atoms with Crippen molar-refractivity contribution in [3.05, 3.63) is 82.4 Å². The summed E-state index contributed by atoms with van der Waals surface area (Å²) in [6.07, 6.45) is 5.38. The van der Waals surface area contributed by atoms with E-state index in [2.05, 4.69) is 24.9 Å². The normalized spacial score (nSPS) is 17.4. The fourth-order valence-corrected chi connectivity index (χ4v) is 4.99. The number of hydrogen-bond donors (Lipinski definition) is 1. The third kappa shape index (κ3) is 5.29. The molecule has 1 aromatic heterocycles. The minimum atomic E-state index is -1.16. The SMILES string of the molecule is Cc1cc2cc(F)ccc2c([C@H](C)[C@@H](C)/C=C2/OCCc3ccncc32)c1C(OC(C)(C)C)C(=O)O. The Hall–Kier alpha value is -3.25. The largest absolute Gasteiger partial charge is 0.493 e. The number of aryl methyl sites for hydroxylation is 1.